The van der Waals surface area contributed by atoms with Crippen molar-refractivity contribution in [1.82, 2.24) is 10.2 Å². The molecule has 0 amide bonds. The Hall–Kier alpha value is -1.91. The Balaban J connectivity index is 2.36. The molecule has 0 N–H and O–H groups in total. The van der Waals surface area contributed by atoms with Crippen LogP contribution in [0.25, 0.3) is 0 Å². The first-order valence-corrected chi connectivity index (χ1v) is 8.75. The molecule has 0 bridgehead atoms. The van der Waals surface area contributed by atoms with Gasteiger partial charge in [0.1, 0.15) is 11.1 Å². The number of nitriles is 1. The fourth-order valence-electron chi connectivity index (χ4n) is 1.66. The highest BCUT2D eigenvalue weighted by molar-refractivity contribution is 7.99. The van der Waals surface area contributed by atoms with E-state index in [4.69, 9.17) is 0 Å². The van der Waals surface area contributed by atoms with E-state index in [1.165, 1.54) is 23.9 Å². The van der Waals surface area contributed by atoms with E-state index in [2.05, 4.69) is 16.3 Å². The van der Waals surface area contributed by atoms with Crippen molar-refractivity contribution in [2.24, 2.45) is 0 Å². The third-order valence-electron chi connectivity index (χ3n) is 3.00. The van der Waals surface area contributed by atoms with Gasteiger partial charge in [0, 0.05) is 11.2 Å². The summed E-state index contributed by atoms with van der Waals surface area (Å²) in [5.74, 6) is 0. The maximum Gasteiger partial charge on any atom is 0.175 e. The van der Waals surface area contributed by atoms with E-state index >= 15 is 0 Å². The summed E-state index contributed by atoms with van der Waals surface area (Å²) < 4.78 is 22.8. The topological polar surface area (TPSA) is 83.7 Å². The van der Waals surface area contributed by atoms with Crippen LogP contribution in [0.3, 0.4) is 0 Å². The van der Waals surface area contributed by atoms with Gasteiger partial charge in [-0.15, -0.1) is 5.10 Å². The molecule has 21 heavy (non-hydrogen) atoms. The first kappa shape index (κ1) is 15.5. The molecule has 0 unspecified atom stereocenters. The first-order chi connectivity index (χ1) is 9.82. The van der Waals surface area contributed by atoms with E-state index in [0.717, 1.165) is 22.4 Å². The molecular formula is C14H13N3O2S2. The fourth-order valence-corrected chi connectivity index (χ4v) is 3.16. The summed E-state index contributed by atoms with van der Waals surface area (Å²) in [4.78, 5) is 1.06. The largest absolute Gasteiger partial charge is 0.224 e. The van der Waals surface area contributed by atoms with Crippen LogP contribution in [0.1, 0.15) is 16.8 Å². The second-order valence-electron chi connectivity index (χ2n) is 4.55. The van der Waals surface area contributed by atoms with Gasteiger partial charge in [-0.2, -0.15) is 10.4 Å². The summed E-state index contributed by atoms with van der Waals surface area (Å²) in [5.41, 5.74) is 2.03. The standard InChI is InChI=1S/C14H13N3O2S2/c1-9-10(2)16-17-14(13(9)8-15)20-11-4-6-12(7-5-11)21(3,18)19/h4-7H,1-3H3. The Morgan fingerprint density at radius 3 is 2.29 bits per heavy atom. The Morgan fingerprint density at radius 1 is 1.14 bits per heavy atom. The SMILES string of the molecule is Cc1nnc(Sc2ccc(S(C)(=O)=O)cc2)c(C#N)c1C. The van der Waals surface area contributed by atoms with E-state index in [0.29, 0.717) is 10.6 Å². The Bertz CT molecular complexity index is 823. The van der Waals surface area contributed by atoms with E-state index in [1.54, 1.807) is 19.1 Å². The molecule has 5 nitrogen and oxygen atoms in total. The van der Waals surface area contributed by atoms with Crippen LogP contribution in [0.15, 0.2) is 39.1 Å². The van der Waals surface area contributed by atoms with Crippen molar-refractivity contribution < 1.29 is 8.42 Å². The van der Waals surface area contributed by atoms with Gasteiger partial charge in [-0.25, -0.2) is 8.42 Å². The van der Waals surface area contributed by atoms with Crippen LogP contribution in [0.2, 0.25) is 0 Å². The van der Waals surface area contributed by atoms with Crippen LogP contribution in [0.5, 0.6) is 0 Å². The highest BCUT2D eigenvalue weighted by Crippen LogP contribution is 2.30. The number of sulfone groups is 1. The van der Waals surface area contributed by atoms with E-state index in [-0.39, 0.29) is 4.90 Å². The molecule has 1 heterocycles. The van der Waals surface area contributed by atoms with Crippen molar-refractivity contribution in [1.29, 1.82) is 5.26 Å². The second kappa shape index (κ2) is 5.84. The highest BCUT2D eigenvalue weighted by Gasteiger charge is 2.13. The first-order valence-electron chi connectivity index (χ1n) is 6.05. The molecule has 0 aliphatic rings. The molecule has 7 heteroatoms. The molecule has 0 spiro atoms. The minimum absolute atomic E-state index is 0.263. The third-order valence-corrected chi connectivity index (χ3v) is 5.12. The summed E-state index contributed by atoms with van der Waals surface area (Å²) in [6, 6.07) is 8.61. The van der Waals surface area contributed by atoms with Crippen molar-refractivity contribution in [2.75, 3.05) is 6.26 Å². The van der Waals surface area contributed by atoms with E-state index in [1.807, 2.05) is 6.92 Å². The number of hydrogen-bond donors (Lipinski definition) is 0. The van der Waals surface area contributed by atoms with Gasteiger partial charge in [-0.1, -0.05) is 11.8 Å². The summed E-state index contributed by atoms with van der Waals surface area (Å²) in [5, 5.41) is 17.8. The molecule has 0 aliphatic heterocycles. The molecular weight excluding hydrogens is 306 g/mol. The average Bonchev–Trinajstić information content (AvgIpc) is 2.43. The molecule has 0 aliphatic carbocycles. The van der Waals surface area contributed by atoms with Crippen LogP contribution in [-0.4, -0.2) is 24.9 Å². The lowest BCUT2D eigenvalue weighted by Gasteiger charge is -2.07. The lowest BCUT2D eigenvalue weighted by atomic mass is 10.1. The smallest absolute Gasteiger partial charge is 0.175 e. The summed E-state index contributed by atoms with van der Waals surface area (Å²) in [6.45, 7) is 3.64. The minimum Gasteiger partial charge on any atom is -0.224 e. The molecule has 1 aromatic heterocycles. The Kier molecular flexibility index (Phi) is 4.30. The van der Waals surface area contributed by atoms with E-state index in [9.17, 15) is 13.7 Å². The minimum atomic E-state index is -3.21. The van der Waals surface area contributed by atoms with Gasteiger partial charge in [-0.3, -0.25) is 0 Å². The third kappa shape index (κ3) is 3.40. The molecule has 2 aromatic rings. The highest BCUT2D eigenvalue weighted by atomic mass is 32.2. The van der Waals surface area contributed by atoms with Gasteiger partial charge >= 0.3 is 0 Å². The second-order valence-corrected chi connectivity index (χ2v) is 7.63. The fraction of sp³-hybridized carbons (Fsp3) is 0.214. The molecule has 0 saturated carbocycles. The number of hydrogen-bond acceptors (Lipinski definition) is 6. The number of benzene rings is 1. The molecule has 0 fully saturated rings. The van der Waals surface area contributed by atoms with Crippen LogP contribution in [0, 0.1) is 25.2 Å². The van der Waals surface area contributed by atoms with Gasteiger partial charge < -0.3 is 0 Å². The number of aryl methyl sites for hydroxylation is 1. The molecule has 0 saturated heterocycles. The lowest BCUT2D eigenvalue weighted by Crippen LogP contribution is -1.99. The van der Waals surface area contributed by atoms with Crippen molar-refractivity contribution >= 4 is 21.6 Å². The van der Waals surface area contributed by atoms with Gasteiger partial charge in [-0.05, 0) is 43.7 Å². The summed E-state index contributed by atoms with van der Waals surface area (Å²) in [6.07, 6.45) is 1.16. The molecule has 2 rings (SSSR count). The zero-order valence-electron chi connectivity index (χ0n) is 11.8. The van der Waals surface area contributed by atoms with Crippen molar-refractivity contribution in [3.05, 3.63) is 41.1 Å². The van der Waals surface area contributed by atoms with Crippen LogP contribution in [0.4, 0.5) is 0 Å². The van der Waals surface area contributed by atoms with Gasteiger partial charge in [0.05, 0.1) is 16.2 Å². The lowest BCUT2D eigenvalue weighted by molar-refractivity contribution is 0.602. The predicted octanol–water partition coefficient (Wildman–Crippen LogP) is 2.52. The summed E-state index contributed by atoms with van der Waals surface area (Å²) in [7, 11) is -3.21. The monoisotopic (exact) mass is 319 g/mol. The van der Waals surface area contributed by atoms with E-state index < -0.39 is 9.84 Å². The van der Waals surface area contributed by atoms with Crippen molar-refractivity contribution in [3.8, 4) is 6.07 Å². The molecule has 1 aromatic carbocycles. The van der Waals surface area contributed by atoms with Gasteiger partial charge in [0.15, 0.2) is 9.84 Å². The summed E-state index contributed by atoms with van der Waals surface area (Å²) >= 11 is 1.29. The van der Waals surface area contributed by atoms with Crippen LogP contribution >= 0.6 is 11.8 Å². The number of aromatic nitrogens is 2. The van der Waals surface area contributed by atoms with Crippen LogP contribution in [-0.2, 0) is 9.84 Å². The number of rotatable bonds is 3. The Morgan fingerprint density at radius 2 is 1.76 bits per heavy atom. The molecule has 0 radical (unpaired) electrons. The predicted molar refractivity (Wildman–Crippen MR) is 79.9 cm³/mol. The van der Waals surface area contributed by atoms with Crippen molar-refractivity contribution in [3.63, 3.8) is 0 Å². The zero-order valence-corrected chi connectivity index (χ0v) is 13.4. The zero-order chi connectivity index (χ0) is 15.6. The Labute approximate surface area is 127 Å². The van der Waals surface area contributed by atoms with Gasteiger partial charge in [0.2, 0.25) is 0 Å². The van der Waals surface area contributed by atoms with Crippen LogP contribution < -0.4 is 0 Å². The normalized spacial score (nSPS) is 11.1. The maximum atomic E-state index is 11.4. The average molecular weight is 319 g/mol. The number of nitrogens with zero attached hydrogens (tertiary/aromatic N) is 3. The molecule has 0 atom stereocenters. The maximum absolute atomic E-state index is 11.4. The molecule has 108 valence electrons. The quantitative estimate of drug-likeness (QED) is 0.864. The van der Waals surface area contributed by atoms with Gasteiger partial charge in [0.25, 0.3) is 0 Å². The van der Waals surface area contributed by atoms with Crippen molar-refractivity contribution in [2.45, 2.75) is 28.7 Å².